The number of hydrogen-bond donors (Lipinski definition) is 4. The second-order valence-corrected chi connectivity index (χ2v) is 7.16. The van der Waals surface area contributed by atoms with Gasteiger partial charge in [0.1, 0.15) is 0 Å². The monoisotopic (exact) mass is 409 g/mol. The van der Waals surface area contributed by atoms with E-state index in [2.05, 4.69) is 25.8 Å². The maximum absolute atomic E-state index is 12.6. The molecule has 30 heavy (non-hydrogen) atoms. The van der Waals surface area contributed by atoms with Crippen molar-refractivity contribution in [2.75, 3.05) is 25.0 Å². The summed E-state index contributed by atoms with van der Waals surface area (Å²) in [4.78, 5) is 29.5. The molecule has 2 aliphatic rings. The summed E-state index contributed by atoms with van der Waals surface area (Å²) in [7, 11) is 0. The number of ether oxygens (including phenoxy) is 1. The molecule has 1 aromatic carbocycles. The number of morpholine rings is 1. The fourth-order valence-electron chi connectivity index (χ4n) is 3.64. The predicted molar refractivity (Wildman–Crippen MR) is 110 cm³/mol. The number of hydrogen-bond acceptors (Lipinski definition) is 6. The molecule has 1 aromatic heterocycles. The van der Waals surface area contributed by atoms with Gasteiger partial charge in [0.15, 0.2) is 6.29 Å². The van der Waals surface area contributed by atoms with Gasteiger partial charge < -0.3 is 20.5 Å². The van der Waals surface area contributed by atoms with Gasteiger partial charge in [-0.15, -0.1) is 0 Å². The van der Waals surface area contributed by atoms with E-state index in [1.807, 2.05) is 24.3 Å². The minimum atomic E-state index is -1.10. The van der Waals surface area contributed by atoms with E-state index in [0.29, 0.717) is 31.0 Å². The van der Waals surface area contributed by atoms with Crippen LogP contribution in [0.15, 0.2) is 54.4 Å². The Hall–Kier alpha value is -3.43. The first-order valence-electron chi connectivity index (χ1n) is 9.65. The van der Waals surface area contributed by atoms with Crippen LogP contribution in [-0.2, 0) is 9.53 Å². The third-order valence-electron chi connectivity index (χ3n) is 5.23. The van der Waals surface area contributed by atoms with Gasteiger partial charge in [-0.25, -0.2) is 4.79 Å². The van der Waals surface area contributed by atoms with Crippen LogP contribution in [-0.4, -0.2) is 53.0 Å². The Morgan fingerprint density at radius 2 is 1.93 bits per heavy atom. The fourth-order valence-corrected chi connectivity index (χ4v) is 3.64. The molecule has 1 unspecified atom stereocenters. The maximum atomic E-state index is 12.6. The molecular weight excluding hydrogens is 386 g/mol. The molecule has 4 N–H and O–H groups in total. The number of pyridine rings is 1. The predicted octanol–water partition coefficient (Wildman–Crippen LogP) is 1.98. The van der Waals surface area contributed by atoms with Gasteiger partial charge in [0.25, 0.3) is 5.91 Å². The van der Waals surface area contributed by atoms with E-state index in [1.54, 1.807) is 31.5 Å². The minimum Gasteiger partial charge on any atom is -0.465 e. The van der Waals surface area contributed by atoms with Crippen LogP contribution in [0.25, 0.3) is 5.70 Å². The number of nitrogens with one attached hydrogen (secondary N) is 3. The molecule has 2 amide bonds. The molecule has 3 heterocycles. The number of nitrogens with zero attached hydrogens (tertiary/aromatic N) is 2. The maximum Gasteiger partial charge on any atom is 0.409 e. The molecule has 9 heteroatoms. The van der Waals surface area contributed by atoms with Crippen LogP contribution in [0.5, 0.6) is 0 Å². The van der Waals surface area contributed by atoms with Crippen LogP contribution in [0.4, 0.5) is 10.5 Å². The number of rotatable bonds is 4. The molecule has 2 atom stereocenters. The minimum absolute atomic E-state index is 0.113. The Morgan fingerprint density at radius 3 is 2.63 bits per heavy atom. The zero-order valence-electron chi connectivity index (χ0n) is 16.5. The standard InChI is InChI=1S/C21H23N5O4/c1-13-18(15-6-8-22-9-7-15)24-20(25-19(13)27)26-10-11-30-17(12-26)14-2-4-16(5-3-14)23-21(28)29/h2-9,17,20,23-24H,10-12H2,1H3,(H,25,27)(H,28,29)/t17-,20?/m1/s1. The molecule has 0 saturated carbocycles. The SMILES string of the molecule is CC1=C(c2ccncc2)NC(N2CCO[C@@H](c3ccc(NC(=O)O)cc3)C2)NC1=O. The van der Waals surface area contributed by atoms with Crippen molar-refractivity contribution in [3.8, 4) is 0 Å². The Balaban J connectivity index is 1.48. The molecule has 4 rings (SSSR count). The molecule has 1 fully saturated rings. The quantitative estimate of drug-likeness (QED) is 0.610. The summed E-state index contributed by atoms with van der Waals surface area (Å²) in [5.74, 6) is -0.113. The lowest BCUT2D eigenvalue weighted by Gasteiger charge is -2.41. The summed E-state index contributed by atoms with van der Waals surface area (Å²) in [6.07, 6.45) is 1.76. The first-order valence-corrected chi connectivity index (χ1v) is 9.65. The lowest BCUT2D eigenvalue weighted by atomic mass is 10.1. The first-order chi connectivity index (χ1) is 14.5. The zero-order valence-corrected chi connectivity index (χ0v) is 16.5. The molecule has 0 bridgehead atoms. The van der Waals surface area contributed by atoms with Gasteiger partial charge in [0, 0.05) is 42.3 Å². The highest BCUT2D eigenvalue weighted by molar-refractivity contribution is 6.01. The van der Waals surface area contributed by atoms with E-state index in [1.165, 1.54) is 0 Å². The van der Waals surface area contributed by atoms with E-state index in [9.17, 15) is 9.59 Å². The van der Waals surface area contributed by atoms with Crippen LogP contribution < -0.4 is 16.0 Å². The molecule has 0 radical (unpaired) electrons. The summed E-state index contributed by atoms with van der Waals surface area (Å²) in [6, 6.07) is 10.9. The number of carbonyl (C=O) groups is 2. The average Bonchev–Trinajstić information content (AvgIpc) is 2.76. The Bertz CT molecular complexity index is 961. The van der Waals surface area contributed by atoms with Crippen LogP contribution >= 0.6 is 0 Å². The molecular formula is C21H23N5O4. The van der Waals surface area contributed by atoms with Crippen molar-refractivity contribution in [2.45, 2.75) is 19.3 Å². The van der Waals surface area contributed by atoms with Gasteiger partial charge in [0.05, 0.1) is 18.4 Å². The molecule has 0 aliphatic carbocycles. The van der Waals surface area contributed by atoms with Crippen molar-refractivity contribution in [3.63, 3.8) is 0 Å². The van der Waals surface area contributed by atoms with Crippen molar-refractivity contribution < 1.29 is 19.4 Å². The molecule has 1 saturated heterocycles. The van der Waals surface area contributed by atoms with Crippen LogP contribution in [0, 0.1) is 0 Å². The topological polar surface area (TPSA) is 116 Å². The lowest BCUT2D eigenvalue weighted by Crippen LogP contribution is -2.61. The third kappa shape index (κ3) is 4.27. The average molecular weight is 409 g/mol. The Kier molecular flexibility index (Phi) is 5.64. The summed E-state index contributed by atoms with van der Waals surface area (Å²) in [5.41, 5.74) is 3.78. The fraction of sp³-hybridized carbons (Fsp3) is 0.286. The van der Waals surface area contributed by atoms with Crippen molar-refractivity contribution >= 4 is 23.4 Å². The van der Waals surface area contributed by atoms with Gasteiger partial charge >= 0.3 is 6.09 Å². The largest absolute Gasteiger partial charge is 0.465 e. The number of benzene rings is 1. The number of carbonyl (C=O) groups excluding carboxylic acids is 1. The first kappa shape index (κ1) is 19.9. The van der Waals surface area contributed by atoms with E-state index in [4.69, 9.17) is 9.84 Å². The van der Waals surface area contributed by atoms with Crippen LogP contribution in [0.3, 0.4) is 0 Å². The number of carboxylic acid groups (broad SMARTS) is 1. The second-order valence-electron chi connectivity index (χ2n) is 7.16. The molecule has 0 spiro atoms. The normalized spacial score (nSPS) is 22.2. The van der Waals surface area contributed by atoms with Gasteiger partial charge in [-0.2, -0.15) is 0 Å². The van der Waals surface area contributed by atoms with E-state index < -0.39 is 6.09 Å². The van der Waals surface area contributed by atoms with Gasteiger partial charge in [-0.3, -0.25) is 20.0 Å². The lowest BCUT2D eigenvalue weighted by molar-refractivity contribution is -0.122. The molecule has 156 valence electrons. The van der Waals surface area contributed by atoms with Gasteiger partial charge in [-0.05, 0) is 36.8 Å². The van der Waals surface area contributed by atoms with E-state index in [-0.39, 0.29) is 18.3 Å². The van der Waals surface area contributed by atoms with Crippen molar-refractivity contribution in [1.82, 2.24) is 20.5 Å². The number of aromatic nitrogens is 1. The smallest absolute Gasteiger partial charge is 0.409 e. The molecule has 9 nitrogen and oxygen atoms in total. The van der Waals surface area contributed by atoms with Crippen molar-refractivity contribution in [1.29, 1.82) is 0 Å². The second kappa shape index (κ2) is 8.52. The Morgan fingerprint density at radius 1 is 1.20 bits per heavy atom. The third-order valence-corrected chi connectivity index (χ3v) is 5.23. The molecule has 2 aromatic rings. The van der Waals surface area contributed by atoms with Crippen LogP contribution in [0.2, 0.25) is 0 Å². The number of amides is 2. The summed E-state index contributed by atoms with van der Waals surface area (Å²) in [5, 5.41) is 17.6. The van der Waals surface area contributed by atoms with Gasteiger partial charge in [-0.1, -0.05) is 12.1 Å². The summed E-state index contributed by atoms with van der Waals surface area (Å²) >= 11 is 0. The molecule has 2 aliphatic heterocycles. The number of anilines is 1. The summed E-state index contributed by atoms with van der Waals surface area (Å²) in [6.45, 7) is 3.55. The highest BCUT2D eigenvalue weighted by Gasteiger charge is 2.32. The van der Waals surface area contributed by atoms with Crippen molar-refractivity contribution in [3.05, 3.63) is 65.5 Å². The highest BCUT2D eigenvalue weighted by atomic mass is 16.5. The zero-order chi connectivity index (χ0) is 21.1. The van der Waals surface area contributed by atoms with Crippen LogP contribution in [0.1, 0.15) is 24.2 Å². The van der Waals surface area contributed by atoms with Crippen molar-refractivity contribution in [2.24, 2.45) is 0 Å². The highest BCUT2D eigenvalue weighted by Crippen LogP contribution is 2.26. The van der Waals surface area contributed by atoms with E-state index in [0.717, 1.165) is 16.8 Å². The van der Waals surface area contributed by atoms with E-state index >= 15 is 0 Å². The summed E-state index contributed by atoms with van der Waals surface area (Å²) < 4.78 is 5.93. The van der Waals surface area contributed by atoms with Gasteiger partial charge in [0.2, 0.25) is 0 Å². The Labute approximate surface area is 173 Å².